The summed E-state index contributed by atoms with van der Waals surface area (Å²) < 4.78 is 0. The smallest absolute Gasteiger partial charge is 0.0820 e. The summed E-state index contributed by atoms with van der Waals surface area (Å²) in [5.74, 6) is 0.478. The Morgan fingerprint density at radius 3 is 2.04 bits per heavy atom. The van der Waals surface area contributed by atoms with E-state index in [1.165, 1.54) is 11.1 Å². The number of nitrogens with one attached hydrogen (secondary N) is 1. The van der Waals surface area contributed by atoms with Crippen molar-refractivity contribution < 1.29 is 5.11 Å². The number of nitrogens with zero attached hydrogens (tertiary/aromatic N) is 1. The molecule has 3 nitrogen and oxygen atoms in total. The minimum Gasteiger partial charge on any atom is -0.390 e. The Bertz CT molecular complexity index is 658. The summed E-state index contributed by atoms with van der Waals surface area (Å²) in [6.07, 6.45) is 0.619. The van der Waals surface area contributed by atoms with Crippen molar-refractivity contribution in [1.29, 1.82) is 0 Å². The quantitative estimate of drug-likeness (QED) is 0.819. The van der Waals surface area contributed by atoms with Crippen molar-refractivity contribution in [1.82, 2.24) is 10.2 Å². The van der Waals surface area contributed by atoms with E-state index in [1.54, 1.807) is 0 Å². The number of hydrogen-bond donors (Lipinski definition) is 2. The second kappa shape index (κ2) is 8.81. The zero-order chi connectivity index (χ0) is 18.5. The fraction of sp³-hybridized carbons (Fsp3) is 0.478. The van der Waals surface area contributed by atoms with Crippen molar-refractivity contribution in [2.24, 2.45) is 5.92 Å². The molecule has 1 heterocycles. The number of likely N-dealkylation sites (tertiary alicyclic amines) is 1. The summed E-state index contributed by atoms with van der Waals surface area (Å²) >= 11 is 0. The van der Waals surface area contributed by atoms with E-state index < -0.39 is 0 Å². The number of aliphatic hydroxyl groups excluding tert-OH is 1. The van der Waals surface area contributed by atoms with Crippen LogP contribution in [0.3, 0.4) is 0 Å². The van der Waals surface area contributed by atoms with Gasteiger partial charge in [0.05, 0.1) is 6.10 Å². The van der Waals surface area contributed by atoms with Crippen molar-refractivity contribution in [2.75, 3.05) is 13.1 Å². The Kier molecular flexibility index (Phi) is 6.47. The van der Waals surface area contributed by atoms with Gasteiger partial charge in [-0.3, -0.25) is 4.90 Å². The van der Waals surface area contributed by atoms with Gasteiger partial charge in [-0.05, 0) is 30.4 Å². The third kappa shape index (κ3) is 4.53. The molecule has 1 aliphatic rings. The van der Waals surface area contributed by atoms with E-state index in [2.05, 4.69) is 91.7 Å². The number of β-amino-alcohol motifs (C(OH)–C–C–N with tert-alkyl or cyclic N) is 1. The van der Waals surface area contributed by atoms with Gasteiger partial charge in [-0.25, -0.2) is 0 Å². The van der Waals surface area contributed by atoms with Gasteiger partial charge in [0.1, 0.15) is 0 Å². The van der Waals surface area contributed by atoms with Crippen LogP contribution in [0.4, 0.5) is 0 Å². The number of rotatable bonds is 6. The van der Waals surface area contributed by atoms with E-state index >= 15 is 0 Å². The van der Waals surface area contributed by atoms with Gasteiger partial charge < -0.3 is 10.4 Å². The molecular weight excluding hydrogens is 320 g/mol. The molecule has 0 bridgehead atoms. The SMILES string of the molecule is CC(C)C(N[C@H]1CCN(C(C)c2ccccc2)C[C@@H]1O)c1ccccc1. The first-order valence-electron chi connectivity index (χ1n) is 9.84. The molecule has 140 valence electrons. The first kappa shape index (κ1) is 19.1. The minimum absolute atomic E-state index is 0.141. The van der Waals surface area contributed by atoms with Crippen LogP contribution in [-0.4, -0.2) is 35.2 Å². The molecule has 26 heavy (non-hydrogen) atoms. The van der Waals surface area contributed by atoms with Gasteiger partial charge in [-0.15, -0.1) is 0 Å². The molecule has 4 atom stereocenters. The number of piperidine rings is 1. The molecule has 0 aromatic heterocycles. The Morgan fingerprint density at radius 2 is 1.50 bits per heavy atom. The van der Waals surface area contributed by atoms with Crippen LogP contribution in [0.5, 0.6) is 0 Å². The van der Waals surface area contributed by atoms with Crippen LogP contribution >= 0.6 is 0 Å². The van der Waals surface area contributed by atoms with Gasteiger partial charge in [-0.2, -0.15) is 0 Å². The highest BCUT2D eigenvalue weighted by molar-refractivity contribution is 5.20. The number of aliphatic hydroxyl groups is 1. The summed E-state index contributed by atoms with van der Waals surface area (Å²) in [5, 5.41) is 14.6. The van der Waals surface area contributed by atoms with Crippen LogP contribution in [0, 0.1) is 5.92 Å². The van der Waals surface area contributed by atoms with Crippen molar-refractivity contribution in [2.45, 2.75) is 51.4 Å². The number of hydrogen-bond acceptors (Lipinski definition) is 3. The van der Waals surface area contributed by atoms with Crippen LogP contribution < -0.4 is 5.32 Å². The zero-order valence-electron chi connectivity index (χ0n) is 16.2. The molecule has 0 saturated carbocycles. The lowest BCUT2D eigenvalue weighted by atomic mass is 9.92. The van der Waals surface area contributed by atoms with Crippen molar-refractivity contribution in [3.63, 3.8) is 0 Å². The Hall–Kier alpha value is -1.68. The maximum Gasteiger partial charge on any atom is 0.0820 e. The highest BCUT2D eigenvalue weighted by Crippen LogP contribution is 2.27. The van der Waals surface area contributed by atoms with Gasteiger partial charge in [0.15, 0.2) is 0 Å². The van der Waals surface area contributed by atoms with E-state index in [0.29, 0.717) is 18.5 Å². The van der Waals surface area contributed by atoms with Gasteiger partial charge in [-0.1, -0.05) is 74.5 Å². The van der Waals surface area contributed by atoms with Crippen molar-refractivity contribution in [3.8, 4) is 0 Å². The molecule has 3 rings (SSSR count). The summed E-state index contributed by atoms with van der Waals surface area (Å²) in [4.78, 5) is 2.39. The molecule has 0 aliphatic carbocycles. The lowest BCUT2D eigenvalue weighted by Crippen LogP contribution is -2.54. The van der Waals surface area contributed by atoms with E-state index in [0.717, 1.165) is 13.0 Å². The zero-order valence-corrected chi connectivity index (χ0v) is 16.2. The fourth-order valence-electron chi connectivity index (χ4n) is 4.01. The van der Waals surface area contributed by atoms with Gasteiger partial charge in [0.25, 0.3) is 0 Å². The molecule has 2 N–H and O–H groups in total. The van der Waals surface area contributed by atoms with Crippen LogP contribution in [-0.2, 0) is 0 Å². The van der Waals surface area contributed by atoms with Crippen LogP contribution in [0.1, 0.15) is 50.4 Å². The lowest BCUT2D eigenvalue weighted by molar-refractivity contribution is 0.0178. The standard InChI is InChI=1S/C23H32N2O/c1-17(2)23(20-12-8-5-9-13-20)24-21-14-15-25(16-22(21)26)18(3)19-10-6-4-7-11-19/h4-13,17-18,21-24,26H,14-16H2,1-3H3/t18?,21-,22-,23?/m0/s1. The normalized spacial score (nSPS) is 23.7. The average molecular weight is 353 g/mol. The summed E-state index contributed by atoms with van der Waals surface area (Å²) in [7, 11) is 0. The molecule has 2 aromatic rings. The molecule has 0 spiro atoms. The van der Waals surface area contributed by atoms with E-state index in [-0.39, 0.29) is 18.2 Å². The van der Waals surface area contributed by atoms with Crippen LogP contribution in [0.2, 0.25) is 0 Å². The largest absolute Gasteiger partial charge is 0.390 e. The first-order valence-corrected chi connectivity index (χ1v) is 9.84. The molecule has 1 aliphatic heterocycles. The second-order valence-corrected chi connectivity index (χ2v) is 7.84. The van der Waals surface area contributed by atoms with Gasteiger partial charge in [0, 0.05) is 31.2 Å². The molecule has 3 heteroatoms. The molecular formula is C23H32N2O. The third-order valence-corrected chi connectivity index (χ3v) is 5.66. The highest BCUT2D eigenvalue weighted by Gasteiger charge is 2.32. The molecule has 1 saturated heterocycles. The molecule has 0 amide bonds. The first-order chi connectivity index (χ1) is 12.6. The monoisotopic (exact) mass is 352 g/mol. The molecule has 0 radical (unpaired) electrons. The van der Waals surface area contributed by atoms with E-state index in [4.69, 9.17) is 0 Å². The predicted octanol–water partition coefficient (Wildman–Crippen LogP) is 4.17. The molecule has 2 aromatic carbocycles. The summed E-state index contributed by atoms with van der Waals surface area (Å²) in [5.41, 5.74) is 2.62. The second-order valence-electron chi connectivity index (χ2n) is 7.84. The van der Waals surface area contributed by atoms with Crippen LogP contribution in [0.25, 0.3) is 0 Å². The molecule has 1 fully saturated rings. The highest BCUT2D eigenvalue weighted by atomic mass is 16.3. The summed E-state index contributed by atoms with van der Waals surface area (Å²) in [6, 6.07) is 21.9. The Balaban J connectivity index is 1.63. The maximum absolute atomic E-state index is 10.8. The Labute approximate surface area is 158 Å². The van der Waals surface area contributed by atoms with Crippen LogP contribution in [0.15, 0.2) is 60.7 Å². The average Bonchev–Trinajstić information content (AvgIpc) is 2.67. The van der Waals surface area contributed by atoms with Gasteiger partial charge in [0.2, 0.25) is 0 Å². The number of benzene rings is 2. The summed E-state index contributed by atoms with van der Waals surface area (Å²) in [6.45, 7) is 8.43. The molecule has 2 unspecified atom stereocenters. The maximum atomic E-state index is 10.8. The van der Waals surface area contributed by atoms with E-state index in [1.807, 2.05) is 0 Å². The Morgan fingerprint density at radius 1 is 0.923 bits per heavy atom. The van der Waals surface area contributed by atoms with Gasteiger partial charge >= 0.3 is 0 Å². The van der Waals surface area contributed by atoms with E-state index in [9.17, 15) is 5.11 Å². The van der Waals surface area contributed by atoms with Crippen molar-refractivity contribution in [3.05, 3.63) is 71.8 Å². The lowest BCUT2D eigenvalue weighted by Gasteiger charge is -2.41. The third-order valence-electron chi connectivity index (χ3n) is 5.66. The predicted molar refractivity (Wildman–Crippen MR) is 108 cm³/mol. The van der Waals surface area contributed by atoms with Crippen molar-refractivity contribution >= 4 is 0 Å². The topological polar surface area (TPSA) is 35.5 Å². The minimum atomic E-state index is -0.347. The fourth-order valence-corrected chi connectivity index (χ4v) is 4.01.